The molecule has 6 heteroatoms. The molecule has 38 heavy (non-hydrogen) atoms. The summed E-state index contributed by atoms with van der Waals surface area (Å²) in [4.78, 5) is 24.8. The maximum atomic E-state index is 13.6. The van der Waals surface area contributed by atoms with E-state index in [2.05, 4.69) is 51.2 Å². The molecule has 0 radical (unpaired) electrons. The first-order chi connectivity index (χ1) is 17.9. The lowest BCUT2D eigenvalue weighted by atomic mass is 9.80. The highest BCUT2D eigenvalue weighted by Gasteiger charge is 2.40. The number of amides is 1. The van der Waals surface area contributed by atoms with E-state index in [4.69, 9.17) is 11.6 Å². The summed E-state index contributed by atoms with van der Waals surface area (Å²) in [5, 5.41) is 12.8. The molecule has 5 nitrogen and oxygen atoms in total. The fraction of sp³-hybridized carbons (Fsp3) is 0.625. The van der Waals surface area contributed by atoms with Crippen LogP contribution >= 0.6 is 11.6 Å². The van der Waals surface area contributed by atoms with Crippen molar-refractivity contribution in [2.75, 3.05) is 0 Å². The fourth-order valence-electron chi connectivity index (χ4n) is 6.36. The zero-order valence-corrected chi connectivity index (χ0v) is 24.4. The largest absolute Gasteiger partial charge is 0.481 e. The van der Waals surface area contributed by atoms with Crippen LogP contribution in [0, 0.1) is 11.8 Å². The topological polar surface area (TPSA) is 71.3 Å². The van der Waals surface area contributed by atoms with Gasteiger partial charge in [-0.05, 0) is 65.5 Å². The minimum Gasteiger partial charge on any atom is -0.481 e. The monoisotopic (exact) mass is 538 g/mol. The number of hydrogen-bond acceptors (Lipinski definition) is 2. The third-order valence-corrected chi connectivity index (χ3v) is 9.85. The molecule has 0 atom stereocenters. The Labute approximate surface area is 232 Å². The molecule has 1 aromatic carbocycles. The highest BCUT2D eigenvalue weighted by molar-refractivity contribution is 6.36. The molecule has 1 amide bonds. The number of nitrogens with one attached hydrogen (secondary N) is 1. The SMILES string of the molecule is Cn1c(CC2CCCCC2)c(-c2cc(C(C)(C)C)cc(C3(C)CC3)c2)c(Cl)c1C(=O)N[C@H]1C[C@H](C(=O)O)C1. The molecule has 2 N–H and O–H groups in total. The van der Waals surface area contributed by atoms with Crippen molar-refractivity contribution in [1.82, 2.24) is 9.88 Å². The first-order valence-electron chi connectivity index (χ1n) is 14.4. The molecular formula is C32H43ClN2O3. The van der Waals surface area contributed by atoms with E-state index >= 15 is 0 Å². The summed E-state index contributed by atoms with van der Waals surface area (Å²) in [6, 6.07) is 6.85. The van der Waals surface area contributed by atoms with E-state index in [9.17, 15) is 14.7 Å². The van der Waals surface area contributed by atoms with Gasteiger partial charge in [-0.1, -0.05) is 89.6 Å². The van der Waals surface area contributed by atoms with Gasteiger partial charge in [-0.15, -0.1) is 0 Å². The summed E-state index contributed by atoms with van der Waals surface area (Å²) in [6.07, 6.45) is 10.5. The highest BCUT2D eigenvalue weighted by atomic mass is 35.5. The van der Waals surface area contributed by atoms with Crippen LogP contribution in [0.3, 0.4) is 0 Å². The van der Waals surface area contributed by atoms with Gasteiger partial charge in [-0.3, -0.25) is 9.59 Å². The lowest BCUT2D eigenvalue weighted by molar-refractivity contribution is -0.145. The first kappa shape index (κ1) is 27.3. The van der Waals surface area contributed by atoms with Crippen LogP contribution in [0.4, 0.5) is 0 Å². The van der Waals surface area contributed by atoms with Crippen molar-refractivity contribution in [3.63, 3.8) is 0 Å². The molecular weight excluding hydrogens is 496 g/mol. The summed E-state index contributed by atoms with van der Waals surface area (Å²) in [7, 11) is 1.97. The zero-order chi connectivity index (χ0) is 27.4. The number of carbonyl (C=O) groups is 2. The van der Waals surface area contributed by atoms with Crippen LogP contribution in [0.1, 0.15) is 113 Å². The fourth-order valence-corrected chi connectivity index (χ4v) is 6.80. The molecule has 0 saturated heterocycles. The van der Waals surface area contributed by atoms with Crippen molar-refractivity contribution >= 4 is 23.5 Å². The number of aromatic nitrogens is 1. The summed E-state index contributed by atoms with van der Waals surface area (Å²) in [6.45, 7) is 9.10. The molecule has 0 bridgehead atoms. The molecule has 1 aromatic heterocycles. The minimum absolute atomic E-state index is 0.00803. The lowest BCUT2D eigenvalue weighted by Crippen LogP contribution is -2.47. The second-order valence-electron chi connectivity index (χ2n) is 13.5. The van der Waals surface area contributed by atoms with Gasteiger partial charge in [0.15, 0.2) is 0 Å². The molecule has 206 valence electrons. The van der Waals surface area contributed by atoms with Crippen LogP contribution in [-0.4, -0.2) is 27.6 Å². The van der Waals surface area contributed by atoms with Crippen LogP contribution in [0.2, 0.25) is 5.02 Å². The number of nitrogens with zero attached hydrogens (tertiary/aromatic N) is 1. The van der Waals surface area contributed by atoms with Gasteiger partial charge in [0.1, 0.15) is 5.69 Å². The Bertz CT molecular complexity index is 1210. The average Bonchev–Trinajstić information content (AvgIpc) is 3.53. The minimum atomic E-state index is -0.789. The summed E-state index contributed by atoms with van der Waals surface area (Å²) in [5.41, 5.74) is 6.61. The predicted octanol–water partition coefficient (Wildman–Crippen LogP) is 7.41. The van der Waals surface area contributed by atoms with Crippen LogP contribution in [0.5, 0.6) is 0 Å². The summed E-state index contributed by atoms with van der Waals surface area (Å²) < 4.78 is 2.03. The molecule has 0 unspecified atom stereocenters. The Morgan fingerprint density at radius 3 is 2.34 bits per heavy atom. The van der Waals surface area contributed by atoms with Crippen LogP contribution in [-0.2, 0) is 29.1 Å². The average molecular weight is 539 g/mol. The van der Waals surface area contributed by atoms with Crippen molar-refractivity contribution in [2.45, 2.75) is 109 Å². The van der Waals surface area contributed by atoms with Crippen LogP contribution in [0.15, 0.2) is 18.2 Å². The molecule has 0 aliphatic heterocycles. The molecule has 3 fully saturated rings. The molecule has 2 aromatic rings. The summed E-state index contributed by atoms with van der Waals surface area (Å²) >= 11 is 7.18. The Hall–Kier alpha value is -2.27. The number of hydrogen-bond donors (Lipinski definition) is 2. The van der Waals surface area contributed by atoms with Crippen molar-refractivity contribution in [3.05, 3.63) is 45.7 Å². The van der Waals surface area contributed by atoms with E-state index in [0.29, 0.717) is 29.5 Å². The molecule has 3 aliphatic rings. The number of aliphatic carboxylic acids is 1. The molecule has 0 spiro atoms. The van der Waals surface area contributed by atoms with Gasteiger partial charge in [-0.25, -0.2) is 0 Å². The second-order valence-corrected chi connectivity index (χ2v) is 13.9. The van der Waals surface area contributed by atoms with E-state index in [-0.39, 0.29) is 28.7 Å². The van der Waals surface area contributed by atoms with E-state index < -0.39 is 5.97 Å². The number of halogens is 1. The summed E-state index contributed by atoms with van der Waals surface area (Å²) in [5.74, 6) is -0.770. The maximum absolute atomic E-state index is 13.6. The normalized spacial score (nSPS) is 23.1. The number of carboxylic acid groups (broad SMARTS) is 1. The predicted molar refractivity (Wildman–Crippen MR) is 153 cm³/mol. The smallest absolute Gasteiger partial charge is 0.306 e. The second kappa shape index (κ2) is 10.0. The van der Waals surface area contributed by atoms with E-state index in [1.54, 1.807) is 0 Å². The van der Waals surface area contributed by atoms with E-state index in [1.807, 2.05) is 11.6 Å². The number of carboxylic acids is 1. The van der Waals surface area contributed by atoms with Gasteiger partial charge >= 0.3 is 5.97 Å². The van der Waals surface area contributed by atoms with Crippen LogP contribution in [0.25, 0.3) is 11.1 Å². The quantitative estimate of drug-likeness (QED) is 0.385. The molecule has 1 heterocycles. The van der Waals surface area contributed by atoms with Crippen molar-refractivity contribution < 1.29 is 14.7 Å². The van der Waals surface area contributed by atoms with Crippen molar-refractivity contribution in [3.8, 4) is 11.1 Å². The lowest BCUT2D eigenvalue weighted by Gasteiger charge is -2.32. The van der Waals surface area contributed by atoms with Crippen molar-refractivity contribution in [2.24, 2.45) is 18.9 Å². The van der Waals surface area contributed by atoms with Gasteiger partial charge in [0, 0.05) is 24.3 Å². The van der Waals surface area contributed by atoms with Crippen molar-refractivity contribution in [1.29, 1.82) is 0 Å². The molecule has 5 rings (SSSR count). The standard InChI is InChI=1S/C32H43ClN2O3/c1-31(2,3)22-14-20(15-23(18-22)32(4)11-12-32)26-25(13-19-9-7-6-8-10-19)35(5)28(27(26)33)29(36)34-24-16-21(17-24)30(37)38/h14-15,18-19,21,24H,6-13,16-17H2,1-5H3,(H,34,36)(H,37,38)/t21-,24-. The Morgan fingerprint density at radius 2 is 1.76 bits per heavy atom. The van der Waals surface area contributed by atoms with Gasteiger partial charge in [0.2, 0.25) is 0 Å². The Morgan fingerprint density at radius 1 is 1.11 bits per heavy atom. The van der Waals surface area contributed by atoms with Gasteiger partial charge < -0.3 is 15.0 Å². The number of carbonyl (C=O) groups excluding carboxylic acids is 1. The number of rotatable bonds is 7. The van der Waals surface area contributed by atoms with Gasteiger partial charge in [0.05, 0.1) is 10.9 Å². The van der Waals surface area contributed by atoms with Crippen LogP contribution < -0.4 is 5.32 Å². The van der Waals surface area contributed by atoms with E-state index in [0.717, 1.165) is 23.2 Å². The van der Waals surface area contributed by atoms with Gasteiger partial charge in [0.25, 0.3) is 5.91 Å². The zero-order valence-electron chi connectivity index (χ0n) is 23.6. The first-order valence-corrected chi connectivity index (χ1v) is 14.8. The third-order valence-electron chi connectivity index (χ3n) is 9.49. The van der Waals surface area contributed by atoms with E-state index in [1.165, 1.54) is 56.1 Å². The molecule has 3 aliphatic carbocycles. The molecule has 3 saturated carbocycles. The highest BCUT2D eigenvalue weighted by Crippen LogP contribution is 2.50. The van der Waals surface area contributed by atoms with Gasteiger partial charge in [-0.2, -0.15) is 0 Å². The number of benzene rings is 1. The Kier molecular flexibility index (Phi) is 7.21. The maximum Gasteiger partial charge on any atom is 0.306 e. The third kappa shape index (κ3) is 5.28. The Balaban J connectivity index is 1.57.